The summed E-state index contributed by atoms with van der Waals surface area (Å²) in [6, 6.07) is 20.7. The number of nitrogens with zero attached hydrogens (tertiary/aromatic N) is 1. The first-order chi connectivity index (χ1) is 15.9. The summed E-state index contributed by atoms with van der Waals surface area (Å²) in [4.78, 5) is 17.2. The second-order valence-electron chi connectivity index (χ2n) is 7.47. The Kier molecular flexibility index (Phi) is 8.43. The van der Waals surface area contributed by atoms with Gasteiger partial charge in [0.05, 0.1) is 22.8 Å². The molecule has 1 atom stereocenters. The third-order valence-electron chi connectivity index (χ3n) is 5.27. The van der Waals surface area contributed by atoms with Gasteiger partial charge in [0.25, 0.3) is 15.9 Å². The van der Waals surface area contributed by atoms with E-state index in [0.29, 0.717) is 17.3 Å². The van der Waals surface area contributed by atoms with Crippen LogP contribution in [0.15, 0.2) is 90.0 Å². The first kappa shape index (κ1) is 25.8. The molecule has 1 heterocycles. The molecule has 0 saturated heterocycles. The predicted molar refractivity (Wildman–Crippen MR) is 133 cm³/mol. The van der Waals surface area contributed by atoms with Crippen LogP contribution in [0.4, 0.5) is 10.1 Å². The number of pyridine rings is 1. The molecule has 170 valence electrons. The van der Waals surface area contributed by atoms with Crippen LogP contribution in [0.3, 0.4) is 0 Å². The number of rotatable bonds is 7. The van der Waals surface area contributed by atoms with Crippen LogP contribution in [-0.2, 0) is 10.0 Å². The van der Waals surface area contributed by atoms with Crippen LogP contribution in [0.1, 0.15) is 35.3 Å². The molecule has 2 N–H and O–H groups in total. The summed E-state index contributed by atoms with van der Waals surface area (Å²) in [7, 11) is -4.11. The van der Waals surface area contributed by atoms with Crippen molar-refractivity contribution in [1.82, 2.24) is 10.3 Å². The second kappa shape index (κ2) is 11.1. The summed E-state index contributed by atoms with van der Waals surface area (Å²) in [5.41, 5.74) is 1.07. The third-order valence-corrected chi connectivity index (χ3v) is 6.67. The fraction of sp³-hybridized carbons (Fsp3) is 0.120. The molecule has 4 aromatic rings. The van der Waals surface area contributed by atoms with Crippen LogP contribution in [0.25, 0.3) is 10.9 Å². The van der Waals surface area contributed by atoms with Gasteiger partial charge in [0.15, 0.2) is 0 Å². The Labute approximate surface area is 220 Å². The van der Waals surface area contributed by atoms with Gasteiger partial charge in [-0.05, 0) is 42.3 Å². The minimum absolute atomic E-state index is 0. The maximum absolute atomic E-state index is 14.0. The van der Waals surface area contributed by atoms with Gasteiger partial charge >= 0.3 is 29.6 Å². The molecule has 0 fully saturated rings. The molecular weight excluding hydrogens is 464 g/mol. The van der Waals surface area contributed by atoms with E-state index in [-0.39, 0.29) is 51.7 Å². The number of para-hydroxylation sites is 1. The maximum atomic E-state index is 14.0. The Hall–Kier alpha value is -2.78. The Balaban J connectivity index is 0.00000324. The topological polar surface area (TPSA) is 88.2 Å². The second-order valence-corrected chi connectivity index (χ2v) is 9.12. The molecule has 1 amide bonds. The van der Waals surface area contributed by atoms with Gasteiger partial charge in [-0.3, -0.25) is 14.5 Å². The van der Waals surface area contributed by atoms with Crippen LogP contribution in [-0.4, -0.2) is 48.9 Å². The number of carbonyl (C=O) groups is 1. The van der Waals surface area contributed by atoms with E-state index in [4.69, 9.17) is 0 Å². The number of anilines is 1. The zero-order chi connectivity index (χ0) is 23.4. The van der Waals surface area contributed by atoms with E-state index in [0.717, 1.165) is 17.7 Å². The van der Waals surface area contributed by atoms with Gasteiger partial charge in [0, 0.05) is 11.6 Å². The summed E-state index contributed by atoms with van der Waals surface area (Å²) in [5, 5.41) is 3.53. The normalized spacial score (nSPS) is 11.9. The van der Waals surface area contributed by atoms with E-state index < -0.39 is 21.7 Å². The molecule has 0 aliphatic heterocycles. The van der Waals surface area contributed by atoms with Crippen LogP contribution in [0.2, 0.25) is 0 Å². The molecule has 0 aliphatic carbocycles. The van der Waals surface area contributed by atoms with Crippen molar-refractivity contribution in [3.05, 3.63) is 102 Å². The van der Waals surface area contributed by atoms with Gasteiger partial charge in [-0.25, -0.2) is 12.8 Å². The van der Waals surface area contributed by atoms with E-state index in [1.165, 1.54) is 18.3 Å². The van der Waals surface area contributed by atoms with Gasteiger partial charge in [0.1, 0.15) is 10.7 Å². The van der Waals surface area contributed by atoms with E-state index in [2.05, 4.69) is 15.0 Å². The average Bonchev–Trinajstić information content (AvgIpc) is 2.83. The van der Waals surface area contributed by atoms with Gasteiger partial charge in [0.2, 0.25) is 0 Å². The van der Waals surface area contributed by atoms with Gasteiger partial charge in [-0.1, -0.05) is 55.5 Å². The first-order valence-electron chi connectivity index (χ1n) is 10.4. The number of nitrogens with one attached hydrogen (secondary N) is 2. The van der Waals surface area contributed by atoms with Crippen molar-refractivity contribution in [1.29, 1.82) is 0 Å². The molecule has 9 heteroatoms. The summed E-state index contributed by atoms with van der Waals surface area (Å²) >= 11 is 0. The summed E-state index contributed by atoms with van der Waals surface area (Å²) in [5.74, 6) is -1.23. The van der Waals surface area contributed by atoms with Crippen molar-refractivity contribution in [3.8, 4) is 0 Å². The van der Waals surface area contributed by atoms with Crippen molar-refractivity contribution < 1.29 is 17.6 Å². The fourth-order valence-electron chi connectivity index (χ4n) is 3.63. The van der Waals surface area contributed by atoms with E-state index in [1.807, 2.05) is 37.3 Å². The zero-order valence-corrected chi connectivity index (χ0v) is 18.6. The van der Waals surface area contributed by atoms with E-state index >= 15 is 0 Å². The van der Waals surface area contributed by atoms with Crippen molar-refractivity contribution in [2.45, 2.75) is 24.3 Å². The number of hydrogen-bond acceptors (Lipinski definition) is 4. The zero-order valence-electron chi connectivity index (χ0n) is 17.8. The average molecular weight is 488 g/mol. The number of hydrogen-bond donors (Lipinski definition) is 2. The number of fused-ring (bicyclic) bond motifs is 1. The quantitative estimate of drug-likeness (QED) is 0.378. The molecule has 1 aromatic heterocycles. The molecule has 34 heavy (non-hydrogen) atoms. The van der Waals surface area contributed by atoms with Crippen molar-refractivity contribution in [3.63, 3.8) is 0 Å². The van der Waals surface area contributed by atoms with Gasteiger partial charge < -0.3 is 5.32 Å². The fourth-order valence-corrected chi connectivity index (χ4v) is 4.89. The molecule has 3 aromatic carbocycles. The van der Waals surface area contributed by atoms with Crippen LogP contribution < -0.4 is 10.0 Å². The molecule has 0 aliphatic rings. The van der Waals surface area contributed by atoms with E-state index in [9.17, 15) is 17.6 Å². The Morgan fingerprint density at radius 3 is 2.47 bits per heavy atom. The molecule has 0 spiro atoms. The first-order valence-corrected chi connectivity index (χ1v) is 11.9. The Morgan fingerprint density at radius 2 is 1.74 bits per heavy atom. The van der Waals surface area contributed by atoms with E-state index in [1.54, 1.807) is 24.3 Å². The molecule has 0 saturated carbocycles. The molecule has 0 bridgehead atoms. The van der Waals surface area contributed by atoms with Crippen LogP contribution >= 0.6 is 0 Å². The number of amides is 1. The summed E-state index contributed by atoms with van der Waals surface area (Å²) in [6.07, 6.45) is 2.11. The molecular formula is C25H23FN3NaO3S. The predicted octanol–water partition coefficient (Wildman–Crippen LogP) is 4.41. The third kappa shape index (κ3) is 5.64. The molecule has 0 radical (unpaired) electrons. The molecule has 4 rings (SSSR count). The number of halogens is 1. The number of sulfonamides is 1. The molecule has 6 nitrogen and oxygen atoms in total. The van der Waals surface area contributed by atoms with Gasteiger partial charge in [-0.2, -0.15) is 0 Å². The Bertz CT molecular complexity index is 1410. The van der Waals surface area contributed by atoms with Crippen molar-refractivity contribution in [2.75, 3.05) is 4.72 Å². The SMILES string of the molecule is CCC(NC(=O)c1cc(F)ccc1NS(=O)(=O)c1cccc2cccnc12)c1ccccc1.[NaH]. The van der Waals surface area contributed by atoms with Gasteiger partial charge in [-0.15, -0.1) is 0 Å². The standard InChI is InChI=1S/C25H22FN3O3S.Na.H/c1-2-21(17-8-4-3-5-9-17)28-25(30)20-16-19(26)13-14-22(20)29-33(31,32)23-12-6-10-18-11-7-15-27-24(18)23;;/h3-16,21,29H,2H2,1H3,(H,28,30);;. The summed E-state index contributed by atoms with van der Waals surface area (Å²) in [6.45, 7) is 1.92. The monoisotopic (exact) mass is 487 g/mol. The van der Waals surface area contributed by atoms with Crippen LogP contribution in [0.5, 0.6) is 0 Å². The van der Waals surface area contributed by atoms with Crippen molar-refractivity contribution in [2.24, 2.45) is 0 Å². The Morgan fingerprint density at radius 1 is 1.00 bits per heavy atom. The van der Waals surface area contributed by atoms with Crippen molar-refractivity contribution >= 4 is 62.1 Å². The minimum atomic E-state index is -4.11. The summed E-state index contributed by atoms with van der Waals surface area (Å²) < 4.78 is 42.9. The number of aromatic nitrogens is 1. The van der Waals surface area contributed by atoms with Crippen LogP contribution in [0, 0.1) is 5.82 Å². The number of benzene rings is 3. The number of carbonyl (C=O) groups excluding carboxylic acids is 1. The molecule has 1 unspecified atom stereocenters.